The first-order valence-electron chi connectivity index (χ1n) is 6.29. The van der Waals surface area contributed by atoms with Gasteiger partial charge in [0.15, 0.2) is 0 Å². The number of rotatable bonds is 4. The SMILES string of the molecule is NC(=O)c1ccc(CN2CCCCC2C=O)cc1. The highest BCUT2D eigenvalue weighted by molar-refractivity contribution is 5.92. The van der Waals surface area contributed by atoms with E-state index in [2.05, 4.69) is 4.90 Å². The normalized spacial score (nSPS) is 20.6. The van der Waals surface area contributed by atoms with E-state index in [1.165, 1.54) is 0 Å². The van der Waals surface area contributed by atoms with E-state index < -0.39 is 5.91 Å². The molecule has 4 nitrogen and oxygen atoms in total. The van der Waals surface area contributed by atoms with E-state index in [0.717, 1.165) is 44.2 Å². The average molecular weight is 246 g/mol. The molecular formula is C14H18N2O2. The molecule has 2 N–H and O–H groups in total. The second-order valence-corrected chi connectivity index (χ2v) is 4.73. The van der Waals surface area contributed by atoms with Crippen LogP contribution in [0.25, 0.3) is 0 Å². The molecule has 4 heteroatoms. The molecule has 0 spiro atoms. The molecule has 1 aliphatic rings. The first-order chi connectivity index (χ1) is 8.70. The van der Waals surface area contributed by atoms with E-state index in [-0.39, 0.29) is 6.04 Å². The standard InChI is InChI=1S/C14H18N2O2/c15-14(18)12-6-4-11(5-7-12)9-16-8-2-1-3-13(16)10-17/h4-7,10,13H,1-3,8-9H2,(H2,15,18). The lowest BCUT2D eigenvalue weighted by Crippen LogP contribution is -2.39. The third kappa shape index (κ3) is 2.96. The molecule has 1 atom stereocenters. The molecule has 1 aromatic carbocycles. The highest BCUT2D eigenvalue weighted by Crippen LogP contribution is 2.18. The monoisotopic (exact) mass is 246 g/mol. The second-order valence-electron chi connectivity index (χ2n) is 4.73. The molecule has 1 amide bonds. The Hall–Kier alpha value is -1.68. The molecule has 0 bridgehead atoms. The smallest absolute Gasteiger partial charge is 0.248 e. The first kappa shape index (κ1) is 12.8. The van der Waals surface area contributed by atoms with Crippen LogP contribution < -0.4 is 5.73 Å². The van der Waals surface area contributed by atoms with Crippen molar-refractivity contribution in [3.05, 3.63) is 35.4 Å². The summed E-state index contributed by atoms with van der Waals surface area (Å²) in [6.07, 6.45) is 4.25. The number of piperidine rings is 1. The Balaban J connectivity index is 2.03. The Morgan fingerprint density at radius 3 is 2.67 bits per heavy atom. The summed E-state index contributed by atoms with van der Waals surface area (Å²) >= 11 is 0. The van der Waals surface area contributed by atoms with E-state index in [4.69, 9.17) is 5.73 Å². The van der Waals surface area contributed by atoms with E-state index in [0.29, 0.717) is 5.56 Å². The number of hydrogen-bond donors (Lipinski definition) is 1. The summed E-state index contributed by atoms with van der Waals surface area (Å²) < 4.78 is 0. The van der Waals surface area contributed by atoms with Gasteiger partial charge in [-0.15, -0.1) is 0 Å². The molecule has 1 heterocycles. The molecule has 0 radical (unpaired) electrons. The van der Waals surface area contributed by atoms with E-state index >= 15 is 0 Å². The van der Waals surface area contributed by atoms with Gasteiger partial charge < -0.3 is 10.5 Å². The van der Waals surface area contributed by atoms with Gasteiger partial charge in [0.25, 0.3) is 0 Å². The maximum Gasteiger partial charge on any atom is 0.248 e. The zero-order chi connectivity index (χ0) is 13.0. The number of benzene rings is 1. The van der Waals surface area contributed by atoms with Crippen LogP contribution >= 0.6 is 0 Å². The van der Waals surface area contributed by atoms with E-state index in [9.17, 15) is 9.59 Å². The molecule has 96 valence electrons. The lowest BCUT2D eigenvalue weighted by Gasteiger charge is -2.32. The Bertz CT molecular complexity index is 428. The van der Waals surface area contributed by atoms with Crippen molar-refractivity contribution in [1.82, 2.24) is 4.90 Å². The second kappa shape index (κ2) is 5.78. The van der Waals surface area contributed by atoms with Crippen LogP contribution in [0.2, 0.25) is 0 Å². The van der Waals surface area contributed by atoms with Gasteiger partial charge in [-0.2, -0.15) is 0 Å². The predicted octanol–water partition coefficient (Wildman–Crippen LogP) is 1.34. The minimum absolute atomic E-state index is 0.0366. The molecule has 1 unspecified atom stereocenters. The number of hydrogen-bond acceptors (Lipinski definition) is 3. The lowest BCUT2D eigenvalue weighted by atomic mass is 10.0. The largest absolute Gasteiger partial charge is 0.366 e. The van der Waals surface area contributed by atoms with Gasteiger partial charge in [0, 0.05) is 12.1 Å². The summed E-state index contributed by atoms with van der Waals surface area (Å²) in [5.74, 6) is -0.412. The van der Waals surface area contributed by atoms with Crippen LogP contribution in [0.1, 0.15) is 35.2 Å². The quantitative estimate of drug-likeness (QED) is 0.815. The Morgan fingerprint density at radius 2 is 2.06 bits per heavy atom. The minimum atomic E-state index is -0.412. The van der Waals surface area contributed by atoms with Gasteiger partial charge in [-0.3, -0.25) is 9.69 Å². The van der Waals surface area contributed by atoms with E-state index in [1.807, 2.05) is 12.1 Å². The Labute approximate surface area is 107 Å². The number of amides is 1. The molecule has 0 saturated carbocycles. The van der Waals surface area contributed by atoms with Crippen molar-refractivity contribution in [2.45, 2.75) is 31.8 Å². The predicted molar refractivity (Wildman–Crippen MR) is 69.1 cm³/mol. The number of carbonyl (C=O) groups excluding carboxylic acids is 2. The molecular weight excluding hydrogens is 228 g/mol. The fraction of sp³-hybridized carbons (Fsp3) is 0.429. The molecule has 1 aliphatic heterocycles. The maximum absolute atomic E-state index is 11.0. The van der Waals surface area contributed by atoms with Gasteiger partial charge in [-0.25, -0.2) is 0 Å². The summed E-state index contributed by atoms with van der Waals surface area (Å²) in [5, 5.41) is 0. The zero-order valence-electron chi connectivity index (χ0n) is 10.3. The summed E-state index contributed by atoms with van der Waals surface area (Å²) in [6.45, 7) is 1.71. The van der Waals surface area contributed by atoms with Crippen LogP contribution in [0, 0.1) is 0 Å². The fourth-order valence-corrected chi connectivity index (χ4v) is 2.38. The molecule has 1 fully saturated rings. The number of primary amides is 1. The summed E-state index contributed by atoms with van der Waals surface area (Å²) in [4.78, 5) is 24.2. The number of nitrogens with two attached hydrogens (primary N) is 1. The van der Waals surface area contributed by atoms with Gasteiger partial charge >= 0.3 is 0 Å². The van der Waals surface area contributed by atoms with Crippen LogP contribution in [0.5, 0.6) is 0 Å². The van der Waals surface area contributed by atoms with Crippen molar-refractivity contribution < 1.29 is 9.59 Å². The summed E-state index contributed by atoms with van der Waals surface area (Å²) in [5.41, 5.74) is 6.82. The number of likely N-dealkylation sites (tertiary alicyclic amines) is 1. The molecule has 18 heavy (non-hydrogen) atoms. The van der Waals surface area contributed by atoms with Crippen LogP contribution in [0.15, 0.2) is 24.3 Å². The average Bonchev–Trinajstić information content (AvgIpc) is 2.40. The van der Waals surface area contributed by atoms with Crippen LogP contribution in [-0.4, -0.2) is 29.7 Å². The van der Waals surface area contributed by atoms with Gasteiger partial charge in [0.05, 0.1) is 6.04 Å². The van der Waals surface area contributed by atoms with Crippen LogP contribution in [-0.2, 0) is 11.3 Å². The number of aldehydes is 1. The van der Waals surface area contributed by atoms with Crippen LogP contribution in [0.3, 0.4) is 0 Å². The Kier molecular flexibility index (Phi) is 4.10. The Morgan fingerprint density at radius 1 is 1.33 bits per heavy atom. The highest BCUT2D eigenvalue weighted by Gasteiger charge is 2.21. The molecule has 2 rings (SSSR count). The van der Waals surface area contributed by atoms with Crippen molar-refractivity contribution in [2.75, 3.05) is 6.54 Å². The maximum atomic E-state index is 11.0. The van der Waals surface area contributed by atoms with Crippen molar-refractivity contribution in [3.63, 3.8) is 0 Å². The van der Waals surface area contributed by atoms with Gasteiger partial charge in [-0.05, 0) is 37.1 Å². The third-order valence-electron chi connectivity index (χ3n) is 3.45. The van der Waals surface area contributed by atoms with Crippen molar-refractivity contribution in [1.29, 1.82) is 0 Å². The number of carbonyl (C=O) groups is 2. The fourth-order valence-electron chi connectivity index (χ4n) is 2.38. The topological polar surface area (TPSA) is 63.4 Å². The summed E-state index contributed by atoms with van der Waals surface area (Å²) in [7, 11) is 0. The summed E-state index contributed by atoms with van der Waals surface area (Å²) in [6, 6.07) is 7.30. The lowest BCUT2D eigenvalue weighted by molar-refractivity contribution is -0.113. The van der Waals surface area contributed by atoms with Crippen molar-refractivity contribution in [2.24, 2.45) is 5.73 Å². The van der Waals surface area contributed by atoms with Crippen LogP contribution in [0.4, 0.5) is 0 Å². The van der Waals surface area contributed by atoms with Crippen molar-refractivity contribution >= 4 is 12.2 Å². The molecule has 0 aliphatic carbocycles. The highest BCUT2D eigenvalue weighted by atomic mass is 16.1. The van der Waals surface area contributed by atoms with Gasteiger partial charge in [0.2, 0.25) is 5.91 Å². The third-order valence-corrected chi connectivity index (χ3v) is 3.45. The first-order valence-corrected chi connectivity index (χ1v) is 6.29. The molecule has 1 saturated heterocycles. The minimum Gasteiger partial charge on any atom is -0.366 e. The zero-order valence-corrected chi connectivity index (χ0v) is 10.3. The van der Waals surface area contributed by atoms with E-state index in [1.54, 1.807) is 12.1 Å². The molecule has 0 aromatic heterocycles. The van der Waals surface area contributed by atoms with Gasteiger partial charge in [-0.1, -0.05) is 18.6 Å². The molecule has 1 aromatic rings. The number of nitrogens with zero attached hydrogens (tertiary/aromatic N) is 1. The van der Waals surface area contributed by atoms with Gasteiger partial charge in [0.1, 0.15) is 6.29 Å². The van der Waals surface area contributed by atoms with Crippen molar-refractivity contribution in [3.8, 4) is 0 Å².